The van der Waals surface area contributed by atoms with Crippen molar-refractivity contribution in [1.29, 1.82) is 0 Å². The number of hydrogen-bond donors (Lipinski definition) is 2. The van der Waals surface area contributed by atoms with E-state index in [0.29, 0.717) is 0 Å². The van der Waals surface area contributed by atoms with Gasteiger partial charge < -0.3 is 11.5 Å². The van der Waals surface area contributed by atoms with Crippen LogP contribution in [0.15, 0.2) is 18.2 Å². The zero-order valence-electron chi connectivity index (χ0n) is 7.33. The van der Waals surface area contributed by atoms with Crippen molar-refractivity contribution >= 4 is 0 Å². The summed E-state index contributed by atoms with van der Waals surface area (Å²) < 4.78 is 12.8. The van der Waals surface area contributed by atoms with Gasteiger partial charge in [-0.2, -0.15) is 0 Å². The van der Waals surface area contributed by atoms with Gasteiger partial charge in [0.1, 0.15) is 5.82 Å². The standard InChI is InChI=1S/C10H13FN2/c11-7-2-3-8-6(5-7)1-4-9(12)10(8)13/h2-3,5,9-10H,1,4,12-13H2/t9-,10-/m0/s1. The number of halogens is 1. The highest BCUT2D eigenvalue weighted by atomic mass is 19.1. The molecular weight excluding hydrogens is 167 g/mol. The molecule has 0 heterocycles. The van der Waals surface area contributed by atoms with Crippen molar-refractivity contribution in [2.45, 2.75) is 24.9 Å². The van der Waals surface area contributed by atoms with Gasteiger partial charge >= 0.3 is 0 Å². The van der Waals surface area contributed by atoms with Gasteiger partial charge in [-0.25, -0.2) is 4.39 Å². The van der Waals surface area contributed by atoms with Crippen LogP contribution in [0.1, 0.15) is 23.6 Å². The van der Waals surface area contributed by atoms with Crippen LogP contribution in [-0.2, 0) is 6.42 Å². The number of benzene rings is 1. The maximum absolute atomic E-state index is 12.8. The molecule has 0 bridgehead atoms. The second kappa shape index (κ2) is 3.09. The monoisotopic (exact) mass is 180 g/mol. The minimum Gasteiger partial charge on any atom is -0.326 e. The lowest BCUT2D eigenvalue weighted by atomic mass is 9.85. The highest BCUT2D eigenvalue weighted by molar-refractivity contribution is 5.34. The van der Waals surface area contributed by atoms with E-state index in [1.165, 1.54) is 6.07 Å². The Hall–Kier alpha value is -0.930. The first kappa shape index (κ1) is 8.66. The molecule has 0 radical (unpaired) electrons. The minimum absolute atomic E-state index is 0.0120. The average Bonchev–Trinajstić information content (AvgIpc) is 2.12. The van der Waals surface area contributed by atoms with Gasteiger partial charge in [0.25, 0.3) is 0 Å². The van der Waals surface area contributed by atoms with Crippen LogP contribution < -0.4 is 11.5 Å². The van der Waals surface area contributed by atoms with Gasteiger partial charge in [0.05, 0.1) is 0 Å². The van der Waals surface area contributed by atoms with Crippen LogP contribution in [0.2, 0.25) is 0 Å². The van der Waals surface area contributed by atoms with E-state index in [1.54, 1.807) is 12.1 Å². The Kier molecular flexibility index (Phi) is 2.06. The highest BCUT2D eigenvalue weighted by Gasteiger charge is 2.23. The van der Waals surface area contributed by atoms with Crippen LogP contribution in [0.3, 0.4) is 0 Å². The summed E-state index contributed by atoms with van der Waals surface area (Å²) in [5.74, 6) is -0.193. The van der Waals surface area contributed by atoms with Gasteiger partial charge in [-0.3, -0.25) is 0 Å². The van der Waals surface area contributed by atoms with E-state index in [0.717, 1.165) is 24.0 Å². The van der Waals surface area contributed by atoms with E-state index in [2.05, 4.69) is 0 Å². The van der Waals surface area contributed by atoms with E-state index in [1.807, 2.05) is 0 Å². The lowest BCUT2D eigenvalue weighted by Gasteiger charge is -2.28. The van der Waals surface area contributed by atoms with Gasteiger partial charge in [-0.15, -0.1) is 0 Å². The molecule has 1 aliphatic rings. The molecule has 1 aromatic carbocycles. The summed E-state index contributed by atoms with van der Waals surface area (Å²) in [5.41, 5.74) is 13.7. The Morgan fingerprint density at radius 2 is 2.08 bits per heavy atom. The van der Waals surface area contributed by atoms with Crippen molar-refractivity contribution < 1.29 is 4.39 Å². The molecule has 70 valence electrons. The first-order valence-electron chi connectivity index (χ1n) is 4.48. The van der Waals surface area contributed by atoms with Crippen LogP contribution in [-0.4, -0.2) is 6.04 Å². The Bertz CT molecular complexity index is 325. The van der Waals surface area contributed by atoms with Crippen molar-refractivity contribution in [2.24, 2.45) is 11.5 Å². The Morgan fingerprint density at radius 3 is 2.85 bits per heavy atom. The summed E-state index contributed by atoms with van der Waals surface area (Å²) in [5, 5.41) is 0. The molecule has 0 amide bonds. The molecule has 13 heavy (non-hydrogen) atoms. The molecule has 2 rings (SSSR count). The SMILES string of the molecule is N[C@H]1CCc2cc(F)ccc2[C@@H]1N. The maximum Gasteiger partial charge on any atom is 0.123 e. The van der Waals surface area contributed by atoms with E-state index >= 15 is 0 Å². The molecule has 1 aliphatic carbocycles. The third-order valence-corrected chi connectivity index (χ3v) is 2.67. The molecule has 0 saturated heterocycles. The molecule has 2 atom stereocenters. The molecule has 4 N–H and O–H groups in total. The topological polar surface area (TPSA) is 52.0 Å². The molecule has 0 aliphatic heterocycles. The van der Waals surface area contributed by atoms with Crippen molar-refractivity contribution in [2.75, 3.05) is 0 Å². The lowest BCUT2D eigenvalue weighted by molar-refractivity contribution is 0.478. The molecular formula is C10H13FN2. The average molecular weight is 180 g/mol. The van der Waals surface area contributed by atoms with Gasteiger partial charge in [0.15, 0.2) is 0 Å². The number of aryl methyl sites for hydroxylation is 1. The smallest absolute Gasteiger partial charge is 0.123 e. The summed E-state index contributed by atoms with van der Waals surface area (Å²) >= 11 is 0. The third kappa shape index (κ3) is 1.45. The van der Waals surface area contributed by atoms with Crippen LogP contribution >= 0.6 is 0 Å². The van der Waals surface area contributed by atoms with E-state index < -0.39 is 0 Å². The van der Waals surface area contributed by atoms with Crippen LogP contribution in [0.5, 0.6) is 0 Å². The molecule has 0 fully saturated rings. The number of rotatable bonds is 0. The Balaban J connectivity index is 2.44. The van der Waals surface area contributed by atoms with Crippen molar-refractivity contribution in [3.05, 3.63) is 35.1 Å². The molecule has 0 unspecified atom stereocenters. The number of nitrogens with two attached hydrogens (primary N) is 2. The number of hydrogen-bond acceptors (Lipinski definition) is 2. The largest absolute Gasteiger partial charge is 0.326 e. The normalized spacial score (nSPS) is 27.0. The minimum atomic E-state index is -0.193. The molecule has 0 spiro atoms. The molecule has 2 nitrogen and oxygen atoms in total. The van der Waals surface area contributed by atoms with E-state index in [4.69, 9.17) is 11.5 Å². The van der Waals surface area contributed by atoms with Gasteiger partial charge in [0, 0.05) is 12.1 Å². The fourth-order valence-corrected chi connectivity index (χ4v) is 1.85. The second-order valence-corrected chi connectivity index (χ2v) is 3.57. The Morgan fingerprint density at radius 1 is 1.31 bits per heavy atom. The van der Waals surface area contributed by atoms with Crippen LogP contribution in [0.4, 0.5) is 4.39 Å². The quantitative estimate of drug-likeness (QED) is 0.628. The van der Waals surface area contributed by atoms with Crippen molar-refractivity contribution in [3.8, 4) is 0 Å². The first-order valence-corrected chi connectivity index (χ1v) is 4.48. The second-order valence-electron chi connectivity index (χ2n) is 3.57. The molecule has 0 aromatic heterocycles. The van der Waals surface area contributed by atoms with E-state index in [-0.39, 0.29) is 17.9 Å². The third-order valence-electron chi connectivity index (χ3n) is 2.67. The summed E-state index contributed by atoms with van der Waals surface area (Å²) in [4.78, 5) is 0. The fourth-order valence-electron chi connectivity index (χ4n) is 1.85. The summed E-state index contributed by atoms with van der Waals surface area (Å²) in [6.07, 6.45) is 1.68. The molecule has 3 heteroatoms. The summed E-state index contributed by atoms with van der Waals surface area (Å²) in [6, 6.07) is 4.62. The highest BCUT2D eigenvalue weighted by Crippen LogP contribution is 2.27. The Labute approximate surface area is 76.7 Å². The first-order chi connectivity index (χ1) is 6.18. The van der Waals surface area contributed by atoms with E-state index in [9.17, 15) is 4.39 Å². The van der Waals surface area contributed by atoms with Gasteiger partial charge in [-0.1, -0.05) is 6.07 Å². The lowest BCUT2D eigenvalue weighted by Crippen LogP contribution is -2.38. The number of fused-ring (bicyclic) bond motifs is 1. The van der Waals surface area contributed by atoms with Crippen molar-refractivity contribution in [1.82, 2.24) is 0 Å². The van der Waals surface area contributed by atoms with Crippen LogP contribution in [0, 0.1) is 5.82 Å². The predicted molar refractivity (Wildman–Crippen MR) is 49.6 cm³/mol. The molecule has 1 aromatic rings. The van der Waals surface area contributed by atoms with Gasteiger partial charge in [-0.05, 0) is 36.1 Å². The summed E-state index contributed by atoms with van der Waals surface area (Å²) in [6.45, 7) is 0. The van der Waals surface area contributed by atoms with Crippen molar-refractivity contribution in [3.63, 3.8) is 0 Å². The maximum atomic E-state index is 12.8. The van der Waals surface area contributed by atoms with Crippen LogP contribution in [0.25, 0.3) is 0 Å². The zero-order valence-corrected chi connectivity index (χ0v) is 7.33. The molecule has 0 saturated carbocycles. The fraction of sp³-hybridized carbons (Fsp3) is 0.400. The zero-order chi connectivity index (χ0) is 9.42. The van der Waals surface area contributed by atoms with Gasteiger partial charge in [0.2, 0.25) is 0 Å². The summed E-state index contributed by atoms with van der Waals surface area (Å²) in [7, 11) is 0. The predicted octanol–water partition coefficient (Wildman–Crippen LogP) is 1.10.